The van der Waals surface area contributed by atoms with E-state index in [0.717, 1.165) is 0 Å². The quantitative estimate of drug-likeness (QED) is 0.336. The Bertz CT molecular complexity index is 171. The van der Waals surface area contributed by atoms with Gasteiger partial charge in [0.2, 0.25) is 0 Å². The fourth-order valence-corrected chi connectivity index (χ4v) is 0.630. The molecular formula is C9H16O6. The minimum Gasteiger partial charge on any atom is -0.439 e. The molecule has 6 heteroatoms. The molecule has 0 saturated carbocycles. The molecule has 0 aromatic carbocycles. The molecule has 0 radical (unpaired) electrons. The van der Waals surface area contributed by atoms with Gasteiger partial charge in [0.05, 0.1) is 13.2 Å². The van der Waals surface area contributed by atoms with Gasteiger partial charge in [-0.1, -0.05) is 0 Å². The van der Waals surface area contributed by atoms with Gasteiger partial charge in [0, 0.05) is 13.8 Å². The van der Waals surface area contributed by atoms with E-state index >= 15 is 0 Å². The van der Waals surface area contributed by atoms with Gasteiger partial charge in [-0.15, -0.1) is 0 Å². The fourth-order valence-electron chi connectivity index (χ4n) is 0.630. The fraction of sp³-hybridized carbons (Fsp3) is 0.778. The van der Waals surface area contributed by atoms with Crippen LogP contribution in [0.5, 0.6) is 0 Å². The Balaban J connectivity index is 2.99. The molecule has 0 unspecified atom stereocenters. The van der Waals surface area contributed by atoms with Crippen molar-refractivity contribution < 1.29 is 28.5 Å². The Hall–Kier alpha value is -1.14. The van der Waals surface area contributed by atoms with E-state index in [4.69, 9.17) is 9.47 Å². The molecule has 0 aromatic heterocycles. The molecule has 0 aliphatic heterocycles. The van der Waals surface area contributed by atoms with E-state index < -0.39 is 0 Å². The van der Waals surface area contributed by atoms with E-state index in [9.17, 15) is 9.59 Å². The predicted octanol–water partition coefficient (Wildman–Crippen LogP) is 0.451. The first-order chi connectivity index (χ1) is 7.13. The van der Waals surface area contributed by atoms with Crippen LogP contribution in [0.25, 0.3) is 0 Å². The van der Waals surface area contributed by atoms with Gasteiger partial charge in [0.25, 0.3) is 0 Å². The summed E-state index contributed by atoms with van der Waals surface area (Å²) < 4.78 is 18.9. The number of carbonyl (C=O) groups excluding carboxylic acids is 2. The first-order valence-corrected chi connectivity index (χ1v) is 4.55. The number of rotatable bonds is 8. The van der Waals surface area contributed by atoms with Gasteiger partial charge in [0.15, 0.2) is 13.6 Å². The maximum atomic E-state index is 10.3. The van der Waals surface area contributed by atoms with Crippen LogP contribution in [0, 0.1) is 0 Å². The molecule has 0 atom stereocenters. The highest BCUT2D eigenvalue weighted by Gasteiger charge is 1.94. The average molecular weight is 220 g/mol. The maximum Gasteiger partial charge on any atom is 0.304 e. The van der Waals surface area contributed by atoms with Crippen molar-refractivity contribution in [2.45, 2.75) is 20.3 Å². The Morgan fingerprint density at radius 3 is 1.60 bits per heavy atom. The van der Waals surface area contributed by atoms with Crippen LogP contribution in [0.2, 0.25) is 0 Å². The summed E-state index contributed by atoms with van der Waals surface area (Å²) in [4.78, 5) is 20.6. The summed E-state index contributed by atoms with van der Waals surface area (Å²) in [5.41, 5.74) is 0. The summed E-state index contributed by atoms with van der Waals surface area (Å²) in [6.45, 7) is 3.39. The van der Waals surface area contributed by atoms with Crippen LogP contribution in [-0.2, 0) is 28.5 Å². The van der Waals surface area contributed by atoms with E-state index in [0.29, 0.717) is 19.6 Å². The lowest BCUT2D eigenvalue weighted by Gasteiger charge is -2.05. The van der Waals surface area contributed by atoms with Gasteiger partial charge in [0.1, 0.15) is 0 Å². The molecule has 0 amide bonds. The third kappa shape index (κ3) is 12.9. The van der Waals surface area contributed by atoms with Gasteiger partial charge < -0.3 is 18.9 Å². The monoisotopic (exact) mass is 220 g/mol. The Labute approximate surface area is 88.4 Å². The Morgan fingerprint density at radius 2 is 1.27 bits per heavy atom. The lowest BCUT2D eigenvalue weighted by molar-refractivity contribution is -0.155. The molecule has 6 nitrogen and oxygen atoms in total. The van der Waals surface area contributed by atoms with Crippen LogP contribution in [0.1, 0.15) is 20.3 Å². The molecule has 0 N–H and O–H groups in total. The van der Waals surface area contributed by atoms with Gasteiger partial charge >= 0.3 is 11.9 Å². The minimum atomic E-state index is -0.374. The van der Waals surface area contributed by atoms with Gasteiger partial charge in [-0.3, -0.25) is 9.59 Å². The lowest BCUT2D eigenvalue weighted by Crippen LogP contribution is -2.09. The maximum absolute atomic E-state index is 10.3. The van der Waals surface area contributed by atoms with Crippen molar-refractivity contribution in [2.75, 3.05) is 26.8 Å². The van der Waals surface area contributed by atoms with Crippen LogP contribution in [0.3, 0.4) is 0 Å². The number of carbonyl (C=O) groups is 2. The highest BCUT2D eigenvalue weighted by atomic mass is 16.7. The molecule has 0 aromatic rings. The van der Waals surface area contributed by atoms with Crippen molar-refractivity contribution in [1.82, 2.24) is 0 Å². The second-order valence-electron chi connectivity index (χ2n) is 2.68. The number of ether oxygens (including phenoxy) is 4. The van der Waals surface area contributed by atoms with Crippen LogP contribution < -0.4 is 0 Å². The zero-order valence-electron chi connectivity index (χ0n) is 8.99. The summed E-state index contributed by atoms with van der Waals surface area (Å²) in [5.74, 6) is -0.748. The van der Waals surface area contributed by atoms with E-state index in [1.54, 1.807) is 0 Å². The van der Waals surface area contributed by atoms with Crippen molar-refractivity contribution >= 4 is 11.9 Å². The van der Waals surface area contributed by atoms with Crippen molar-refractivity contribution in [3.05, 3.63) is 0 Å². The smallest absolute Gasteiger partial charge is 0.304 e. The third-order valence-electron chi connectivity index (χ3n) is 1.27. The van der Waals surface area contributed by atoms with Crippen LogP contribution in [-0.4, -0.2) is 38.7 Å². The topological polar surface area (TPSA) is 71.1 Å². The largest absolute Gasteiger partial charge is 0.439 e. The van der Waals surface area contributed by atoms with Crippen molar-refractivity contribution in [3.63, 3.8) is 0 Å². The molecule has 88 valence electrons. The third-order valence-corrected chi connectivity index (χ3v) is 1.27. The Kier molecular flexibility index (Phi) is 8.70. The van der Waals surface area contributed by atoms with Crippen LogP contribution in [0.15, 0.2) is 0 Å². The molecule has 0 heterocycles. The number of esters is 2. The van der Waals surface area contributed by atoms with Gasteiger partial charge in [-0.05, 0) is 6.42 Å². The van der Waals surface area contributed by atoms with Crippen LogP contribution >= 0.6 is 0 Å². The summed E-state index contributed by atoms with van der Waals surface area (Å²) in [6, 6.07) is 0. The van der Waals surface area contributed by atoms with Crippen molar-refractivity contribution in [2.24, 2.45) is 0 Å². The van der Waals surface area contributed by atoms with Crippen LogP contribution in [0.4, 0.5) is 0 Å². The standard InChI is InChI=1S/C9H16O6/c1-8(10)14-6-12-4-3-5-13-7-15-9(2)11/h3-7H2,1-2H3. The predicted molar refractivity (Wildman–Crippen MR) is 49.8 cm³/mol. The lowest BCUT2D eigenvalue weighted by atomic mass is 10.5. The summed E-state index contributed by atoms with van der Waals surface area (Å²) in [6.07, 6.45) is 0.641. The van der Waals surface area contributed by atoms with E-state index in [1.807, 2.05) is 0 Å². The summed E-state index contributed by atoms with van der Waals surface area (Å²) in [7, 11) is 0. The van der Waals surface area contributed by atoms with E-state index in [2.05, 4.69) is 9.47 Å². The van der Waals surface area contributed by atoms with Gasteiger partial charge in [-0.25, -0.2) is 0 Å². The van der Waals surface area contributed by atoms with Gasteiger partial charge in [-0.2, -0.15) is 0 Å². The van der Waals surface area contributed by atoms with Crippen molar-refractivity contribution in [1.29, 1.82) is 0 Å². The highest BCUT2D eigenvalue weighted by molar-refractivity contribution is 5.66. The number of hydrogen-bond donors (Lipinski definition) is 0. The molecule has 0 bridgehead atoms. The van der Waals surface area contributed by atoms with E-state index in [-0.39, 0.29) is 25.5 Å². The molecule has 0 rings (SSSR count). The van der Waals surface area contributed by atoms with Crippen molar-refractivity contribution in [3.8, 4) is 0 Å². The summed E-state index contributed by atoms with van der Waals surface area (Å²) in [5, 5.41) is 0. The molecule has 0 fully saturated rings. The first-order valence-electron chi connectivity index (χ1n) is 4.55. The average Bonchev–Trinajstić information content (AvgIpc) is 2.14. The normalized spacial score (nSPS) is 9.73. The molecule has 0 saturated heterocycles. The molecule has 0 spiro atoms. The SMILES string of the molecule is CC(=O)OCOCCCOCOC(C)=O. The zero-order chi connectivity index (χ0) is 11.5. The second kappa shape index (κ2) is 9.42. The van der Waals surface area contributed by atoms with E-state index in [1.165, 1.54) is 13.8 Å². The molecule has 15 heavy (non-hydrogen) atoms. The zero-order valence-corrected chi connectivity index (χ0v) is 8.99. The molecule has 0 aliphatic rings. The molecule has 0 aliphatic carbocycles. The highest BCUT2D eigenvalue weighted by Crippen LogP contribution is 1.87. The molecular weight excluding hydrogens is 204 g/mol. The second-order valence-corrected chi connectivity index (χ2v) is 2.68. The number of hydrogen-bond acceptors (Lipinski definition) is 6. The summed E-state index contributed by atoms with van der Waals surface area (Å²) >= 11 is 0. The minimum absolute atomic E-state index is 0.0424. The first kappa shape index (κ1) is 13.9. The Morgan fingerprint density at radius 1 is 0.867 bits per heavy atom.